The van der Waals surface area contributed by atoms with E-state index in [1.165, 1.54) is 11.1 Å². The molecule has 2 aliphatic heterocycles. The predicted octanol–water partition coefficient (Wildman–Crippen LogP) is 6.60. The number of amides is 1. The summed E-state index contributed by atoms with van der Waals surface area (Å²) in [6.45, 7) is 11.2. The van der Waals surface area contributed by atoms with Crippen LogP contribution in [0.4, 0.5) is 5.69 Å². The number of halogens is 1. The fourth-order valence-electron chi connectivity index (χ4n) is 8.35. The highest BCUT2D eigenvalue weighted by atomic mass is 35.5. The molecule has 2 bridgehead atoms. The van der Waals surface area contributed by atoms with Gasteiger partial charge in [0, 0.05) is 42.6 Å². The van der Waals surface area contributed by atoms with Crippen LogP contribution in [-0.2, 0) is 26.6 Å². The van der Waals surface area contributed by atoms with E-state index in [4.69, 9.17) is 21.1 Å². The van der Waals surface area contributed by atoms with Gasteiger partial charge in [0.25, 0.3) is 5.91 Å². The zero-order chi connectivity index (χ0) is 34.4. The summed E-state index contributed by atoms with van der Waals surface area (Å²) in [6.07, 6.45) is 8.94. The van der Waals surface area contributed by atoms with Gasteiger partial charge in [-0.3, -0.25) is 4.79 Å². The first-order chi connectivity index (χ1) is 22.8. The van der Waals surface area contributed by atoms with Gasteiger partial charge in [0.05, 0.1) is 29.2 Å². The number of hydrogen-bond donors (Lipinski definition) is 2. The van der Waals surface area contributed by atoms with Crippen LogP contribution in [0.2, 0.25) is 5.02 Å². The number of aliphatic hydroxyl groups is 1. The van der Waals surface area contributed by atoms with Crippen molar-refractivity contribution in [3.63, 3.8) is 0 Å². The van der Waals surface area contributed by atoms with Crippen molar-refractivity contribution in [3.05, 3.63) is 82.4 Å². The van der Waals surface area contributed by atoms with Crippen molar-refractivity contribution in [1.82, 2.24) is 4.72 Å². The number of aliphatic hydroxyl groups excluding tert-OH is 1. The van der Waals surface area contributed by atoms with Crippen LogP contribution in [0.5, 0.6) is 5.75 Å². The molecule has 0 saturated heterocycles. The van der Waals surface area contributed by atoms with E-state index in [1.54, 1.807) is 32.2 Å². The number of anilines is 1. The van der Waals surface area contributed by atoms with Gasteiger partial charge in [-0.2, -0.15) is 0 Å². The van der Waals surface area contributed by atoms with Gasteiger partial charge in [-0.25, -0.2) is 13.1 Å². The number of sulfonamides is 1. The van der Waals surface area contributed by atoms with E-state index in [2.05, 4.69) is 34.4 Å². The number of aryl methyl sites for hydroxylation is 1. The van der Waals surface area contributed by atoms with Crippen LogP contribution >= 0.6 is 11.6 Å². The molecule has 6 rings (SSSR count). The molecule has 1 saturated carbocycles. The lowest BCUT2D eigenvalue weighted by atomic mass is 9.62. The smallest absolute Gasteiger partial charge is 0.264 e. The van der Waals surface area contributed by atoms with Crippen LogP contribution in [0, 0.1) is 17.8 Å². The fourth-order valence-corrected chi connectivity index (χ4v) is 9.83. The van der Waals surface area contributed by atoms with Crippen LogP contribution in [-0.4, -0.2) is 63.2 Å². The number of ether oxygens (including phenoxy) is 2. The summed E-state index contributed by atoms with van der Waals surface area (Å²) in [6, 6.07) is 11.4. The minimum Gasteiger partial charge on any atom is -0.490 e. The highest BCUT2D eigenvalue weighted by Crippen LogP contribution is 2.50. The number of fused-ring (bicyclic) bond motifs is 4. The van der Waals surface area contributed by atoms with E-state index in [-0.39, 0.29) is 28.7 Å². The van der Waals surface area contributed by atoms with Crippen molar-refractivity contribution in [2.24, 2.45) is 17.8 Å². The maximum atomic E-state index is 13.5. The van der Waals surface area contributed by atoms with Crippen molar-refractivity contribution >= 4 is 33.2 Å². The molecule has 260 valence electrons. The molecule has 1 amide bonds. The second-order valence-electron chi connectivity index (χ2n) is 14.8. The lowest BCUT2D eigenvalue weighted by Crippen LogP contribution is -2.54. The molecule has 7 atom stereocenters. The summed E-state index contributed by atoms with van der Waals surface area (Å²) in [7, 11) is -2.28. The van der Waals surface area contributed by atoms with Gasteiger partial charge >= 0.3 is 0 Å². The second-order valence-corrected chi connectivity index (χ2v) is 17.2. The average Bonchev–Trinajstić information content (AvgIpc) is 3.18. The van der Waals surface area contributed by atoms with Crippen molar-refractivity contribution in [1.29, 1.82) is 0 Å². The first-order valence-electron chi connectivity index (χ1n) is 17.2. The molecular formula is C38H49ClN2O6S. The van der Waals surface area contributed by atoms with E-state index in [0.29, 0.717) is 43.9 Å². The molecule has 0 unspecified atom stereocenters. The Morgan fingerprint density at radius 1 is 1.23 bits per heavy atom. The number of methoxy groups -OCH3 is 1. The maximum absolute atomic E-state index is 13.5. The van der Waals surface area contributed by atoms with Crippen LogP contribution in [0.25, 0.3) is 0 Å². The summed E-state index contributed by atoms with van der Waals surface area (Å²) in [5.74, 6) is 0.0688. The number of benzene rings is 2. The van der Waals surface area contributed by atoms with E-state index in [0.717, 1.165) is 42.8 Å². The van der Waals surface area contributed by atoms with Gasteiger partial charge in [0.2, 0.25) is 10.0 Å². The van der Waals surface area contributed by atoms with E-state index >= 15 is 0 Å². The molecule has 8 nitrogen and oxygen atoms in total. The number of nitrogens with zero attached hydrogens (tertiary/aromatic N) is 1. The highest BCUT2D eigenvalue weighted by molar-refractivity contribution is 7.90. The van der Waals surface area contributed by atoms with Crippen molar-refractivity contribution < 1.29 is 27.8 Å². The molecule has 0 radical (unpaired) electrons. The van der Waals surface area contributed by atoms with Crippen LogP contribution < -0.4 is 14.4 Å². The molecule has 1 spiro atoms. The standard InChI is InChI=1S/C38H49ClN2O6S/c1-24(2)34(42)20-38(46-5)17-6-8-25(3)26(4)48(44,45)40-36(43)28-11-15-35-33(19-28)41(21-29-10-13-32(29)38)22-37(23-47-35)16-7-9-27-18-30(39)12-14-31(27)37/h6,11-12,14-15,17-19,25-26,29,32,34,42H,1,7-10,13,16,20-23H2,2-5H3,(H,40,43)/b17-6+/t25-,26+,29-,32+,34+,37-,38+/m0/s1. The first kappa shape index (κ1) is 35.0. The normalized spacial score (nSPS) is 32.8. The summed E-state index contributed by atoms with van der Waals surface area (Å²) >= 11 is 6.45. The molecule has 2 N–H and O–H groups in total. The summed E-state index contributed by atoms with van der Waals surface area (Å²) in [5.41, 5.74) is 3.13. The quantitative estimate of drug-likeness (QED) is 0.348. The number of carbonyl (C=O) groups is 1. The second kappa shape index (κ2) is 13.5. The van der Waals surface area contributed by atoms with Crippen molar-refractivity contribution in [2.45, 2.75) is 88.1 Å². The molecule has 2 aliphatic carbocycles. The Morgan fingerprint density at radius 2 is 2.02 bits per heavy atom. The van der Waals surface area contributed by atoms with Gasteiger partial charge in [-0.05, 0) is 112 Å². The van der Waals surface area contributed by atoms with Crippen molar-refractivity contribution in [2.75, 3.05) is 31.7 Å². The minimum absolute atomic E-state index is 0.101. The Morgan fingerprint density at radius 3 is 2.73 bits per heavy atom. The van der Waals surface area contributed by atoms with E-state index < -0.39 is 32.9 Å². The lowest BCUT2D eigenvalue weighted by molar-refractivity contribution is -0.0942. The Balaban J connectivity index is 1.47. The van der Waals surface area contributed by atoms with Crippen LogP contribution in [0.1, 0.15) is 80.8 Å². The number of carbonyl (C=O) groups excluding carboxylic acids is 1. The number of hydrogen-bond acceptors (Lipinski definition) is 7. The molecule has 4 aliphatic rings. The third-order valence-corrected chi connectivity index (χ3v) is 13.8. The van der Waals surface area contributed by atoms with Gasteiger partial charge in [0.1, 0.15) is 5.75 Å². The van der Waals surface area contributed by atoms with E-state index in [1.807, 2.05) is 26.0 Å². The monoisotopic (exact) mass is 696 g/mol. The molecule has 2 heterocycles. The SMILES string of the molecule is C=C(C)[C@H](O)C[C@]1(OC)/C=C/C[C@H](C)[C@@H](C)S(=O)(=O)NC(=O)c2ccc3c(c2)N(C[C@@H]2CC[C@H]21)C[C@@]1(CCCc2cc(Cl)ccc21)CO3. The highest BCUT2D eigenvalue weighted by Gasteiger charge is 2.50. The van der Waals surface area contributed by atoms with Crippen molar-refractivity contribution in [3.8, 4) is 5.75 Å². The molecule has 48 heavy (non-hydrogen) atoms. The van der Waals surface area contributed by atoms with Gasteiger partial charge < -0.3 is 19.5 Å². The predicted molar refractivity (Wildman–Crippen MR) is 190 cm³/mol. The van der Waals surface area contributed by atoms with Gasteiger partial charge in [0.15, 0.2) is 0 Å². The molecule has 2 aromatic rings. The molecule has 10 heteroatoms. The molecular weight excluding hydrogens is 648 g/mol. The first-order valence-corrected chi connectivity index (χ1v) is 19.1. The summed E-state index contributed by atoms with van der Waals surface area (Å²) in [4.78, 5) is 15.9. The Kier molecular flexibility index (Phi) is 9.81. The van der Waals surface area contributed by atoms with Crippen LogP contribution in [0.3, 0.4) is 0 Å². The maximum Gasteiger partial charge on any atom is 0.264 e. The zero-order valence-corrected chi connectivity index (χ0v) is 30.1. The number of nitrogens with one attached hydrogen (secondary N) is 1. The third-order valence-electron chi connectivity index (χ3n) is 11.7. The topological polar surface area (TPSA) is 105 Å². The number of allylic oxidation sites excluding steroid dienone is 1. The fraction of sp³-hybridized carbons (Fsp3) is 0.553. The lowest BCUT2D eigenvalue weighted by Gasteiger charge is -2.51. The zero-order valence-electron chi connectivity index (χ0n) is 28.5. The molecule has 1 fully saturated rings. The third kappa shape index (κ3) is 6.55. The summed E-state index contributed by atoms with van der Waals surface area (Å²) in [5, 5.41) is 11.0. The number of rotatable bonds is 4. The minimum atomic E-state index is -3.98. The van der Waals surface area contributed by atoms with Gasteiger partial charge in [-0.15, -0.1) is 0 Å². The van der Waals surface area contributed by atoms with E-state index in [9.17, 15) is 18.3 Å². The largest absolute Gasteiger partial charge is 0.490 e. The summed E-state index contributed by atoms with van der Waals surface area (Å²) < 4.78 is 42.2. The van der Waals surface area contributed by atoms with Gasteiger partial charge in [-0.1, -0.05) is 48.9 Å². The Bertz CT molecular complexity index is 1710. The molecule has 2 aromatic carbocycles. The molecule has 0 aromatic heterocycles. The average molecular weight is 697 g/mol. The Labute approximate surface area is 290 Å². The van der Waals surface area contributed by atoms with Crippen LogP contribution in [0.15, 0.2) is 60.7 Å². The Hall–Kier alpha value is -2.85.